The molecule has 2 heterocycles. The average molecular weight is 424 g/mol. The van der Waals surface area contributed by atoms with E-state index in [1.165, 1.54) is 11.8 Å². The van der Waals surface area contributed by atoms with Crippen molar-refractivity contribution in [1.29, 1.82) is 0 Å². The molecule has 8 heteroatoms. The molecule has 0 saturated carbocycles. The Balaban J connectivity index is 1.66. The topological polar surface area (TPSA) is 72.2 Å². The van der Waals surface area contributed by atoms with E-state index in [-0.39, 0.29) is 5.91 Å². The number of carbonyl (C=O) groups is 1. The van der Waals surface area contributed by atoms with Crippen molar-refractivity contribution < 1.29 is 4.79 Å². The van der Waals surface area contributed by atoms with E-state index in [4.69, 9.17) is 11.6 Å². The summed E-state index contributed by atoms with van der Waals surface area (Å²) in [5.74, 6) is 1.05. The Kier molecular flexibility index (Phi) is 5.51. The molecule has 0 spiro atoms. The quantitative estimate of drug-likeness (QED) is 0.454. The average Bonchev–Trinajstić information content (AvgIpc) is 3.10. The Morgan fingerprint density at radius 2 is 1.90 bits per heavy atom. The van der Waals surface area contributed by atoms with Gasteiger partial charge < -0.3 is 5.32 Å². The summed E-state index contributed by atoms with van der Waals surface area (Å²) in [5, 5.41) is 8.92. The highest BCUT2D eigenvalue weighted by molar-refractivity contribution is 7.99. The van der Waals surface area contributed by atoms with Crippen LogP contribution in [-0.4, -0.2) is 25.5 Å². The van der Waals surface area contributed by atoms with Crippen molar-refractivity contribution in [3.8, 4) is 0 Å². The van der Waals surface area contributed by atoms with Crippen LogP contribution in [0, 0.1) is 6.92 Å². The summed E-state index contributed by atoms with van der Waals surface area (Å²) in [7, 11) is 0. The molecule has 6 nitrogen and oxygen atoms in total. The normalized spacial score (nSPS) is 11.0. The summed E-state index contributed by atoms with van der Waals surface area (Å²) in [5.41, 5.74) is 2.20. The fourth-order valence-electron chi connectivity index (χ4n) is 2.81. The van der Waals surface area contributed by atoms with Gasteiger partial charge in [0.15, 0.2) is 0 Å². The Bertz CT molecular complexity index is 1190. The third kappa shape index (κ3) is 4.26. The number of hydrogen-bond acceptors (Lipinski definition) is 5. The molecule has 0 aliphatic heterocycles. The number of anilines is 1. The molecule has 146 valence electrons. The number of amides is 1. The molecule has 4 aromatic rings. The fraction of sp³-hybridized carbons (Fsp3) is 0.143. The van der Waals surface area contributed by atoms with Crippen LogP contribution in [0.15, 0.2) is 64.5 Å². The first kappa shape index (κ1) is 19.4. The summed E-state index contributed by atoms with van der Waals surface area (Å²) in [6, 6.07) is 16.5. The van der Waals surface area contributed by atoms with Crippen LogP contribution in [-0.2, 0) is 6.42 Å². The first-order chi connectivity index (χ1) is 14.0. The molecule has 0 bridgehead atoms. The smallest absolute Gasteiger partial charge is 0.255 e. The molecule has 1 N–H and O–H groups in total. The molecule has 0 atom stereocenters. The third-order valence-corrected chi connectivity index (χ3v) is 5.58. The minimum atomic E-state index is -0.194. The van der Waals surface area contributed by atoms with Gasteiger partial charge in [-0.2, -0.15) is 9.50 Å². The number of halogens is 1. The highest BCUT2D eigenvalue weighted by atomic mass is 35.5. The van der Waals surface area contributed by atoms with Gasteiger partial charge in [0.25, 0.3) is 11.7 Å². The van der Waals surface area contributed by atoms with Crippen molar-refractivity contribution in [2.45, 2.75) is 30.2 Å². The number of hydrogen-bond donors (Lipinski definition) is 1. The summed E-state index contributed by atoms with van der Waals surface area (Å²) in [6.07, 6.45) is 0.797. The largest absolute Gasteiger partial charge is 0.321 e. The van der Waals surface area contributed by atoms with E-state index >= 15 is 0 Å². The third-order valence-electron chi connectivity index (χ3n) is 4.26. The van der Waals surface area contributed by atoms with Crippen molar-refractivity contribution >= 4 is 40.7 Å². The van der Waals surface area contributed by atoms with Gasteiger partial charge in [-0.15, -0.1) is 5.10 Å². The molecule has 0 aliphatic carbocycles. The van der Waals surface area contributed by atoms with Gasteiger partial charge in [-0.1, -0.05) is 42.4 Å². The summed E-state index contributed by atoms with van der Waals surface area (Å²) in [6.45, 7) is 3.89. The molecule has 1 amide bonds. The number of nitrogens with zero attached hydrogens (tertiary/aromatic N) is 4. The van der Waals surface area contributed by atoms with Gasteiger partial charge in [0.05, 0.1) is 5.69 Å². The minimum absolute atomic E-state index is 0.194. The van der Waals surface area contributed by atoms with Crippen LogP contribution in [0.1, 0.15) is 28.8 Å². The SMILES string of the molecule is CCc1cc(Sc2ccccc2NC(=O)c2ccc(Cl)cc2)n2nc(C)nc2n1. The maximum atomic E-state index is 12.6. The van der Waals surface area contributed by atoms with Crippen LogP contribution in [0.2, 0.25) is 5.02 Å². The van der Waals surface area contributed by atoms with Crippen LogP contribution in [0.4, 0.5) is 5.69 Å². The van der Waals surface area contributed by atoms with Gasteiger partial charge in [0, 0.05) is 21.2 Å². The number of para-hydroxylation sites is 1. The first-order valence-electron chi connectivity index (χ1n) is 9.10. The predicted octanol–water partition coefficient (Wildman–Crippen LogP) is 5.05. The first-order valence-corrected chi connectivity index (χ1v) is 10.3. The van der Waals surface area contributed by atoms with Crippen molar-refractivity contribution in [3.63, 3.8) is 0 Å². The number of carbonyl (C=O) groups excluding carboxylic acids is 1. The maximum absolute atomic E-state index is 12.6. The number of nitrogens with one attached hydrogen (secondary N) is 1. The number of fused-ring (bicyclic) bond motifs is 1. The van der Waals surface area contributed by atoms with Gasteiger partial charge in [-0.05, 0) is 55.8 Å². The predicted molar refractivity (Wildman–Crippen MR) is 115 cm³/mol. The zero-order valence-corrected chi connectivity index (χ0v) is 17.5. The van der Waals surface area contributed by atoms with E-state index in [0.29, 0.717) is 22.2 Å². The van der Waals surface area contributed by atoms with Crippen LogP contribution >= 0.6 is 23.4 Å². The molecular formula is C21H18ClN5OS. The second-order valence-electron chi connectivity index (χ2n) is 6.37. The minimum Gasteiger partial charge on any atom is -0.321 e. The van der Waals surface area contributed by atoms with Gasteiger partial charge in [-0.25, -0.2) is 4.98 Å². The number of aryl methyl sites for hydroxylation is 2. The van der Waals surface area contributed by atoms with Gasteiger partial charge in [0.1, 0.15) is 10.9 Å². The Morgan fingerprint density at radius 3 is 2.66 bits per heavy atom. The fourth-order valence-corrected chi connectivity index (χ4v) is 3.94. The van der Waals surface area contributed by atoms with E-state index in [9.17, 15) is 4.79 Å². The lowest BCUT2D eigenvalue weighted by Crippen LogP contribution is -2.12. The molecule has 0 saturated heterocycles. The highest BCUT2D eigenvalue weighted by Gasteiger charge is 2.14. The van der Waals surface area contributed by atoms with E-state index in [1.54, 1.807) is 28.8 Å². The lowest BCUT2D eigenvalue weighted by atomic mass is 10.2. The highest BCUT2D eigenvalue weighted by Crippen LogP contribution is 2.34. The molecule has 0 fully saturated rings. The standard InChI is InChI=1S/C21H18ClN5OS/c1-3-16-12-19(27-21(24-16)23-13(2)26-27)29-18-7-5-4-6-17(18)25-20(28)14-8-10-15(22)11-9-14/h4-12H,3H2,1-2H3,(H,25,28). The molecular weight excluding hydrogens is 406 g/mol. The molecule has 0 radical (unpaired) electrons. The number of rotatable bonds is 5. The molecule has 2 aromatic carbocycles. The summed E-state index contributed by atoms with van der Waals surface area (Å²) < 4.78 is 1.73. The summed E-state index contributed by atoms with van der Waals surface area (Å²) in [4.78, 5) is 22.5. The van der Waals surface area contributed by atoms with Gasteiger partial charge in [-0.3, -0.25) is 4.79 Å². The monoisotopic (exact) mass is 423 g/mol. The van der Waals surface area contributed by atoms with Crippen molar-refractivity contribution in [2.75, 3.05) is 5.32 Å². The zero-order chi connectivity index (χ0) is 20.4. The Labute approximate surface area is 177 Å². The lowest BCUT2D eigenvalue weighted by Gasteiger charge is -2.12. The zero-order valence-electron chi connectivity index (χ0n) is 15.9. The molecule has 0 aliphatic rings. The molecule has 2 aromatic heterocycles. The van der Waals surface area contributed by atoms with E-state index in [1.807, 2.05) is 37.3 Å². The lowest BCUT2D eigenvalue weighted by molar-refractivity contribution is 0.102. The summed E-state index contributed by atoms with van der Waals surface area (Å²) >= 11 is 7.42. The van der Waals surface area contributed by atoms with Gasteiger partial charge in [0.2, 0.25) is 0 Å². The second kappa shape index (κ2) is 8.23. The van der Waals surface area contributed by atoms with E-state index in [2.05, 4.69) is 27.3 Å². The Hall–Kier alpha value is -2.90. The maximum Gasteiger partial charge on any atom is 0.255 e. The van der Waals surface area contributed by atoms with Crippen LogP contribution < -0.4 is 5.32 Å². The number of aromatic nitrogens is 4. The van der Waals surface area contributed by atoms with Crippen molar-refractivity contribution in [2.24, 2.45) is 0 Å². The molecule has 0 unspecified atom stereocenters. The molecule has 4 rings (SSSR count). The van der Waals surface area contributed by atoms with Crippen LogP contribution in [0.3, 0.4) is 0 Å². The van der Waals surface area contributed by atoms with Crippen LogP contribution in [0.5, 0.6) is 0 Å². The van der Waals surface area contributed by atoms with Crippen molar-refractivity contribution in [3.05, 3.63) is 76.7 Å². The van der Waals surface area contributed by atoms with Crippen LogP contribution in [0.25, 0.3) is 5.78 Å². The van der Waals surface area contributed by atoms with E-state index in [0.717, 1.165) is 27.7 Å². The van der Waals surface area contributed by atoms with Crippen molar-refractivity contribution in [1.82, 2.24) is 19.6 Å². The second-order valence-corrected chi connectivity index (χ2v) is 7.87. The van der Waals surface area contributed by atoms with E-state index < -0.39 is 0 Å². The Morgan fingerprint density at radius 1 is 1.14 bits per heavy atom. The molecule has 29 heavy (non-hydrogen) atoms. The van der Waals surface area contributed by atoms with Gasteiger partial charge >= 0.3 is 0 Å². The number of benzene rings is 2.